The van der Waals surface area contributed by atoms with Crippen LogP contribution in [0.15, 0.2) is 28.7 Å². The number of primary amides is 1. The van der Waals surface area contributed by atoms with E-state index in [1.165, 1.54) is 4.90 Å². The predicted molar refractivity (Wildman–Crippen MR) is 154 cm³/mol. The quantitative estimate of drug-likeness (QED) is 0.183. The SMILES string of the molecule is CCN(CC)CC(=O)Nc1cc(N(C)C)c2c(c1O)C(=O)C1=C(O)C3(O)C(=O)C(C(N)=O)=C(O)[C@@H](N(C)C)C3CC1C2. The zero-order chi connectivity index (χ0) is 31.4. The van der Waals surface area contributed by atoms with Gasteiger partial charge in [-0.1, -0.05) is 13.8 Å². The fourth-order valence-corrected chi connectivity index (χ4v) is 6.63. The molecule has 0 radical (unpaired) electrons. The van der Waals surface area contributed by atoms with Crippen molar-refractivity contribution in [2.45, 2.75) is 38.3 Å². The van der Waals surface area contributed by atoms with Gasteiger partial charge in [0.25, 0.3) is 5.91 Å². The van der Waals surface area contributed by atoms with Gasteiger partial charge < -0.3 is 36.4 Å². The van der Waals surface area contributed by atoms with Crippen LogP contribution >= 0.6 is 0 Å². The van der Waals surface area contributed by atoms with Crippen molar-refractivity contribution in [2.24, 2.45) is 17.6 Å². The summed E-state index contributed by atoms with van der Waals surface area (Å²) in [5, 5.41) is 48.1. The number of nitrogens with one attached hydrogen (secondary N) is 1. The number of carbonyl (C=O) groups is 4. The summed E-state index contributed by atoms with van der Waals surface area (Å²) in [4.78, 5) is 57.6. The molecule has 1 aromatic rings. The molecule has 0 aliphatic heterocycles. The maximum atomic E-state index is 14.1. The van der Waals surface area contributed by atoms with Gasteiger partial charge in [0.2, 0.25) is 11.7 Å². The minimum atomic E-state index is -2.72. The number of Topliss-reactive ketones (excluding diaryl/α,β-unsaturated/α-hetero) is 2. The molecule has 0 saturated carbocycles. The molecule has 0 spiro atoms. The Bertz CT molecular complexity index is 1430. The second-order valence-electron chi connectivity index (χ2n) is 11.5. The number of carbonyl (C=O) groups excluding carboxylic acids is 4. The van der Waals surface area contributed by atoms with Crippen LogP contribution in [0.1, 0.15) is 36.2 Å². The predicted octanol–water partition coefficient (Wildman–Crippen LogP) is 0.467. The number of rotatable bonds is 8. The zero-order valence-corrected chi connectivity index (χ0v) is 24.7. The summed E-state index contributed by atoms with van der Waals surface area (Å²) in [6, 6.07) is 0.510. The maximum absolute atomic E-state index is 14.1. The third kappa shape index (κ3) is 4.61. The van der Waals surface area contributed by atoms with Crippen LogP contribution < -0.4 is 16.0 Å². The van der Waals surface area contributed by atoms with E-state index in [0.717, 1.165) is 0 Å². The number of phenols is 1. The molecule has 0 heterocycles. The summed E-state index contributed by atoms with van der Waals surface area (Å²) >= 11 is 0. The number of benzene rings is 1. The Kier molecular flexibility index (Phi) is 8.15. The number of nitrogens with two attached hydrogens (primary N) is 1. The molecular formula is C29H39N5O8. The minimum Gasteiger partial charge on any atom is -0.510 e. The molecule has 2 amide bonds. The number of hydrogen-bond acceptors (Lipinski definition) is 11. The Morgan fingerprint density at radius 2 is 1.71 bits per heavy atom. The Labute approximate surface area is 243 Å². The molecule has 1 aromatic carbocycles. The van der Waals surface area contributed by atoms with Gasteiger partial charge in [0.15, 0.2) is 17.1 Å². The number of likely N-dealkylation sites (N-methyl/N-ethyl adjacent to an activating group) is 2. The van der Waals surface area contributed by atoms with Gasteiger partial charge >= 0.3 is 0 Å². The highest BCUT2D eigenvalue weighted by atomic mass is 16.3. The summed E-state index contributed by atoms with van der Waals surface area (Å²) < 4.78 is 0. The second kappa shape index (κ2) is 11.0. The first-order chi connectivity index (χ1) is 19.6. The fourth-order valence-electron chi connectivity index (χ4n) is 6.63. The van der Waals surface area contributed by atoms with E-state index < -0.39 is 69.7 Å². The highest BCUT2D eigenvalue weighted by Gasteiger charge is 2.63. The third-order valence-electron chi connectivity index (χ3n) is 8.72. The molecule has 0 aromatic heterocycles. The van der Waals surface area contributed by atoms with E-state index in [9.17, 15) is 39.6 Å². The minimum absolute atomic E-state index is 0.000761. The fraction of sp³-hybridized carbons (Fsp3) is 0.517. The highest BCUT2D eigenvalue weighted by Crippen LogP contribution is 2.53. The number of aliphatic hydroxyl groups is 3. The monoisotopic (exact) mass is 585 g/mol. The summed E-state index contributed by atoms with van der Waals surface area (Å²) in [7, 11) is 6.64. The Hall–Kier alpha value is -3.94. The Balaban J connectivity index is 1.89. The van der Waals surface area contributed by atoms with E-state index in [2.05, 4.69) is 5.32 Å². The summed E-state index contributed by atoms with van der Waals surface area (Å²) in [6.45, 7) is 5.16. The third-order valence-corrected chi connectivity index (χ3v) is 8.72. The molecule has 0 bridgehead atoms. The van der Waals surface area contributed by atoms with Crippen molar-refractivity contribution in [3.05, 3.63) is 39.9 Å². The van der Waals surface area contributed by atoms with Gasteiger partial charge in [-0.25, -0.2) is 0 Å². The van der Waals surface area contributed by atoms with Gasteiger partial charge in [0, 0.05) is 31.3 Å². The lowest BCUT2D eigenvalue weighted by Gasteiger charge is -2.50. The van der Waals surface area contributed by atoms with E-state index in [1.807, 2.05) is 18.7 Å². The van der Waals surface area contributed by atoms with E-state index in [4.69, 9.17) is 5.73 Å². The number of fused-ring (bicyclic) bond motifs is 3. The van der Waals surface area contributed by atoms with Crippen molar-refractivity contribution in [3.63, 3.8) is 0 Å². The van der Waals surface area contributed by atoms with Crippen LogP contribution in [0.4, 0.5) is 11.4 Å². The first-order valence-corrected chi connectivity index (χ1v) is 13.8. The molecule has 4 rings (SSSR count). The number of phenolic OH excluding ortho intramolecular Hbond substituents is 1. The lowest BCUT2D eigenvalue weighted by atomic mass is 9.58. The van der Waals surface area contributed by atoms with Crippen molar-refractivity contribution in [3.8, 4) is 5.75 Å². The van der Waals surface area contributed by atoms with Crippen LogP contribution in [0.2, 0.25) is 0 Å². The molecule has 3 aliphatic carbocycles. The van der Waals surface area contributed by atoms with Crippen molar-refractivity contribution in [1.82, 2.24) is 9.80 Å². The average Bonchev–Trinajstić information content (AvgIpc) is 2.90. The molecule has 13 heteroatoms. The van der Waals surface area contributed by atoms with Crippen molar-refractivity contribution in [2.75, 3.05) is 58.0 Å². The largest absolute Gasteiger partial charge is 0.510 e. The molecule has 0 saturated heterocycles. The van der Waals surface area contributed by atoms with Crippen LogP contribution in [0.25, 0.3) is 0 Å². The van der Waals surface area contributed by atoms with Crippen LogP contribution in [0.3, 0.4) is 0 Å². The number of anilines is 2. The van der Waals surface area contributed by atoms with E-state index in [1.54, 1.807) is 39.2 Å². The number of aromatic hydroxyl groups is 1. The first kappa shape index (κ1) is 31.0. The van der Waals surface area contributed by atoms with Gasteiger partial charge in [-0.2, -0.15) is 0 Å². The number of amides is 2. The topological polar surface area (TPSA) is 197 Å². The van der Waals surface area contributed by atoms with Crippen LogP contribution in [-0.4, -0.2) is 113 Å². The van der Waals surface area contributed by atoms with Crippen LogP contribution in [0, 0.1) is 11.8 Å². The van der Waals surface area contributed by atoms with Gasteiger partial charge in [-0.3, -0.25) is 29.0 Å². The summed E-state index contributed by atoms with van der Waals surface area (Å²) in [5.74, 6) is -7.67. The smallest absolute Gasteiger partial charge is 0.255 e. The Morgan fingerprint density at radius 3 is 2.24 bits per heavy atom. The molecule has 42 heavy (non-hydrogen) atoms. The van der Waals surface area contributed by atoms with Crippen LogP contribution in [0.5, 0.6) is 5.75 Å². The van der Waals surface area contributed by atoms with Gasteiger partial charge in [0.1, 0.15) is 17.1 Å². The number of allylic oxidation sites excluding steroid dienone is 1. The summed E-state index contributed by atoms with van der Waals surface area (Å²) in [6.07, 6.45) is 0.130. The molecule has 7 N–H and O–H groups in total. The van der Waals surface area contributed by atoms with Crippen molar-refractivity contribution >= 4 is 34.8 Å². The number of aliphatic hydroxyl groups excluding tert-OH is 2. The second-order valence-corrected chi connectivity index (χ2v) is 11.5. The molecule has 3 unspecified atom stereocenters. The molecule has 0 fully saturated rings. The molecule has 3 aliphatic rings. The lowest BCUT2D eigenvalue weighted by molar-refractivity contribution is -0.148. The first-order valence-electron chi connectivity index (χ1n) is 13.8. The van der Waals surface area contributed by atoms with Gasteiger partial charge in [-0.15, -0.1) is 0 Å². The normalized spacial score (nSPS) is 25.4. The average molecular weight is 586 g/mol. The van der Waals surface area contributed by atoms with E-state index >= 15 is 0 Å². The molecule has 4 atom stereocenters. The van der Waals surface area contributed by atoms with Crippen molar-refractivity contribution in [1.29, 1.82) is 0 Å². The van der Waals surface area contributed by atoms with Crippen LogP contribution in [-0.2, 0) is 20.8 Å². The standard InChI is InChI=1S/C29H39N5O8/c1-7-34(8-2)12-18(35)31-16-11-17(32(3)4)14-9-13-10-15-22(33(5)6)25(38)21(28(30)41)27(40)29(15,42)26(39)19(13)24(37)20(14)23(16)36/h11,13,15,22,36,38-39,42H,7-10,12H2,1-6H3,(H2,30,41)(H,31,35)/t13?,15?,22-,29?/m0/s1. The number of hydrogen-bond donors (Lipinski definition) is 6. The molecule has 13 nitrogen and oxygen atoms in total. The Morgan fingerprint density at radius 1 is 1.10 bits per heavy atom. The number of nitrogens with zero attached hydrogens (tertiary/aromatic N) is 3. The van der Waals surface area contributed by atoms with Crippen molar-refractivity contribution < 1.29 is 39.6 Å². The van der Waals surface area contributed by atoms with Gasteiger partial charge in [0.05, 0.1) is 23.8 Å². The summed E-state index contributed by atoms with van der Waals surface area (Å²) in [5.41, 5.74) is 2.39. The number of ketones is 2. The highest BCUT2D eigenvalue weighted by molar-refractivity contribution is 6.25. The lowest BCUT2D eigenvalue weighted by Crippen LogP contribution is -2.63. The zero-order valence-electron chi connectivity index (χ0n) is 24.7. The maximum Gasteiger partial charge on any atom is 0.255 e. The van der Waals surface area contributed by atoms with Gasteiger partial charge in [-0.05, 0) is 57.6 Å². The van der Waals surface area contributed by atoms with E-state index in [0.29, 0.717) is 24.3 Å². The van der Waals surface area contributed by atoms with E-state index in [-0.39, 0.29) is 36.2 Å². The molecule has 228 valence electrons. The molecular weight excluding hydrogens is 546 g/mol.